The molecule has 0 saturated heterocycles. The van der Waals surface area contributed by atoms with Crippen LogP contribution in [0.3, 0.4) is 0 Å². The Morgan fingerprint density at radius 2 is 1.95 bits per heavy atom. The van der Waals surface area contributed by atoms with E-state index in [0.29, 0.717) is 6.61 Å². The van der Waals surface area contributed by atoms with Crippen LogP contribution in [0.5, 0.6) is 5.75 Å². The first-order valence-electron chi connectivity index (χ1n) is 6.56. The number of nitrogens with two attached hydrogens (primary N) is 1. The molecule has 0 spiro atoms. The van der Waals surface area contributed by atoms with Crippen molar-refractivity contribution in [3.8, 4) is 5.75 Å². The van der Waals surface area contributed by atoms with Crippen LogP contribution in [0, 0.1) is 6.92 Å². The van der Waals surface area contributed by atoms with Crippen LogP contribution in [0.1, 0.15) is 11.1 Å². The molecule has 0 amide bonds. The van der Waals surface area contributed by atoms with Crippen molar-refractivity contribution in [3.63, 3.8) is 0 Å². The number of nitrogens with zero attached hydrogens (tertiary/aromatic N) is 1. The van der Waals surface area contributed by atoms with E-state index in [1.54, 1.807) is 0 Å². The highest BCUT2D eigenvalue weighted by molar-refractivity contribution is 5.75. The second-order valence-corrected chi connectivity index (χ2v) is 4.95. The van der Waals surface area contributed by atoms with Gasteiger partial charge in [0.15, 0.2) is 0 Å². The minimum Gasteiger partial charge on any atom is -0.489 e. The number of fused-ring (bicyclic) bond motifs is 1. The minimum absolute atomic E-state index is 0.711. The molecule has 0 saturated carbocycles. The molecule has 19 heavy (non-hydrogen) atoms. The van der Waals surface area contributed by atoms with Gasteiger partial charge in [-0.15, -0.1) is 0 Å². The molecule has 0 fully saturated rings. The Hall–Kier alpha value is -2.16. The molecule has 3 rings (SSSR count). The summed E-state index contributed by atoms with van der Waals surface area (Å²) in [5.74, 6) is 0.887. The van der Waals surface area contributed by atoms with Crippen molar-refractivity contribution in [3.05, 3.63) is 53.6 Å². The Morgan fingerprint density at radius 1 is 1.16 bits per heavy atom. The highest BCUT2D eigenvalue weighted by Crippen LogP contribution is 2.37. The summed E-state index contributed by atoms with van der Waals surface area (Å²) < 4.78 is 5.67. The number of nitrogen functional groups attached to an aromatic ring is 1. The van der Waals surface area contributed by atoms with Gasteiger partial charge >= 0.3 is 0 Å². The highest BCUT2D eigenvalue weighted by Gasteiger charge is 2.20. The molecule has 2 aromatic rings. The van der Waals surface area contributed by atoms with Crippen LogP contribution in [-0.2, 0) is 6.54 Å². The summed E-state index contributed by atoms with van der Waals surface area (Å²) in [7, 11) is 0. The van der Waals surface area contributed by atoms with Gasteiger partial charge in [0.2, 0.25) is 0 Å². The van der Waals surface area contributed by atoms with E-state index >= 15 is 0 Å². The van der Waals surface area contributed by atoms with E-state index in [-0.39, 0.29) is 0 Å². The monoisotopic (exact) mass is 254 g/mol. The van der Waals surface area contributed by atoms with Gasteiger partial charge in [0, 0.05) is 6.54 Å². The largest absolute Gasteiger partial charge is 0.489 e. The van der Waals surface area contributed by atoms with Crippen LogP contribution in [-0.4, -0.2) is 13.2 Å². The third kappa shape index (κ3) is 2.36. The van der Waals surface area contributed by atoms with E-state index in [1.807, 2.05) is 18.2 Å². The highest BCUT2D eigenvalue weighted by atomic mass is 16.5. The molecule has 98 valence electrons. The van der Waals surface area contributed by atoms with E-state index in [9.17, 15) is 0 Å². The van der Waals surface area contributed by atoms with Gasteiger partial charge in [-0.25, -0.2) is 0 Å². The van der Waals surface area contributed by atoms with Gasteiger partial charge in [0.05, 0.1) is 12.2 Å². The molecule has 1 aliphatic heterocycles. The van der Waals surface area contributed by atoms with E-state index in [4.69, 9.17) is 10.5 Å². The standard InChI is InChI=1S/C16H18N2O/c1-12-5-7-13(8-6-12)11-18-9-10-19-15-4-2-3-14(17)16(15)18/h2-8H,9-11,17H2,1H3. The van der Waals surface area contributed by atoms with Crippen molar-refractivity contribution in [1.82, 2.24) is 0 Å². The molecule has 2 N–H and O–H groups in total. The van der Waals surface area contributed by atoms with Crippen LogP contribution < -0.4 is 15.4 Å². The van der Waals surface area contributed by atoms with Crippen LogP contribution in [0.25, 0.3) is 0 Å². The summed E-state index contributed by atoms with van der Waals surface area (Å²) in [5, 5.41) is 0. The first-order valence-corrected chi connectivity index (χ1v) is 6.56. The predicted octanol–water partition coefficient (Wildman–Crippen LogP) is 2.98. The van der Waals surface area contributed by atoms with Gasteiger partial charge < -0.3 is 15.4 Å². The van der Waals surface area contributed by atoms with Crippen molar-refractivity contribution in [2.24, 2.45) is 0 Å². The summed E-state index contributed by atoms with van der Waals surface area (Å²) in [6, 6.07) is 14.5. The normalized spacial score (nSPS) is 13.8. The molecular weight excluding hydrogens is 236 g/mol. The molecule has 1 heterocycles. The quantitative estimate of drug-likeness (QED) is 0.837. The van der Waals surface area contributed by atoms with E-state index < -0.39 is 0 Å². The number of hydrogen-bond donors (Lipinski definition) is 1. The number of aryl methyl sites for hydroxylation is 1. The summed E-state index contributed by atoms with van der Waals surface area (Å²) in [6.45, 7) is 4.55. The third-order valence-corrected chi connectivity index (χ3v) is 3.46. The summed E-state index contributed by atoms with van der Waals surface area (Å²) in [4.78, 5) is 2.29. The molecule has 1 aliphatic rings. The molecule has 0 aromatic heterocycles. The molecule has 3 nitrogen and oxygen atoms in total. The second-order valence-electron chi connectivity index (χ2n) is 4.95. The minimum atomic E-state index is 0.711. The van der Waals surface area contributed by atoms with Crippen molar-refractivity contribution < 1.29 is 4.74 Å². The van der Waals surface area contributed by atoms with Crippen LogP contribution in [0.4, 0.5) is 11.4 Å². The number of rotatable bonds is 2. The lowest BCUT2D eigenvalue weighted by Gasteiger charge is -2.32. The first kappa shape index (κ1) is 11.9. The fourth-order valence-corrected chi connectivity index (χ4v) is 2.44. The summed E-state index contributed by atoms with van der Waals surface area (Å²) in [6.07, 6.45) is 0. The van der Waals surface area contributed by atoms with Gasteiger partial charge in [-0.05, 0) is 24.6 Å². The third-order valence-electron chi connectivity index (χ3n) is 3.46. The average Bonchev–Trinajstić information content (AvgIpc) is 2.42. The Morgan fingerprint density at radius 3 is 2.74 bits per heavy atom. The Labute approximate surface area is 113 Å². The summed E-state index contributed by atoms with van der Waals surface area (Å²) in [5.41, 5.74) is 10.5. The van der Waals surface area contributed by atoms with Gasteiger partial charge in [-0.3, -0.25) is 0 Å². The number of ether oxygens (including phenoxy) is 1. The topological polar surface area (TPSA) is 38.5 Å². The molecule has 2 aromatic carbocycles. The molecule has 0 aliphatic carbocycles. The SMILES string of the molecule is Cc1ccc(CN2CCOc3cccc(N)c32)cc1. The maximum Gasteiger partial charge on any atom is 0.144 e. The number of hydrogen-bond acceptors (Lipinski definition) is 3. The van der Waals surface area contributed by atoms with Crippen LogP contribution >= 0.6 is 0 Å². The maximum atomic E-state index is 6.09. The fourth-order valence-electron chi connectivity index (χ4n) is 2.44. The van der Waals surface area contributed by atoms with Gasteiger partial charge in [-0.1, -0.05) is 35.9 Å². The lowest BCUT2D eigenvalue weighted by molar-refractivity contribution is 0.307. The number of para-hydroxylation sites is 1. The van der Waals surface area contributed by atoms with Crippen molar-refractivity contribution >= 4 is 11.4 Å². The number of anilines is 2. The predicted molar refractivity (Wildman–Crippen MR) is 78.6 cm³/mol. The van der Waals surface area contributed by atoms with E-state index in [1.165, 1.54) is 11.1 Å². The Bertz CT molecular complexity index is 578. The fraction of sp³-hybridized carbons (Fsp3) is 0.250. The van der Waals surface area contributed by atoms with E-state index in [0.717, 1.165) is 30.2 Å². The van der Waals surface area contributed by atoms with Gasteiger partial charge in [0.1, 0.15) is 18.0 Å². The van der Waals surface area contributed by atoms with Gasteiger partial charge in [-0.2, -0.15) is 0 Å². The maximum absolute atomic E-state index is 6.09. The van der Waals surface area contributed by atoms with Crippen LogP contribution in [0.2, 0.25) is 0 Å². The smallest absolute Gasteiger partial charge is 0.144 e. The van der Waals surface area contributed by atoms with Gasteiger partial charge in [0.25, 0.3) is 0 Å². The molecule has 0 bridgehead atoms. The van der Waals surface area contributed by atoms with Crippen molar-refractivity contribution in [2.45, 2.75) is 13.5 Å². The first-order chi connectivity index (χ1) is 9.24. The zero-order valence-electron chi connectivity index (χ0n) is 11.1. The van der Waals surface area contributed by atoms with Crippen molar-refractivity contribution in [1.29, 1.82) is 0 Å². The summed E-state index contributed by atoms with van der Waals surface area (Å²) >= 11 is 0. The molecule has 0 radical (unpaired) electrons. The lowest BCUT2D eigenvalue weighted by atomic mass is 10.1. The lowest BCUT2D eigenvalue weighted by Crippen LogP contribution is -2.32. The zero-order valence-corrected chi connectivity index (χ0v) is 11.1. The van der Waals surface area contributed by atoms with Crippen LogP contribution in [0.15, 0.2) is 42.5 Å². The Kier molecular flexibility index (Phi) is 3.03. The second kappa shape index (κ2) is 4.84. The Balaban J connectivity index is 1.89. The molecule has 3 heteroatoms. The van der Waals surface area contributed by atoms with Crippen molar-refractivity contribution in [2.75, 3.05) is 23.8 Å². The molecule has 0 atom stereocenters. The van der Waals surface area contributed by atoms with E-state index in [2.05, 4.69) is 36.1 Å². The zero-order chi connectivity index (χ0) is 13.2. The molecular formula is C16H18N2O. The average molecular weight is 254 g/mol. The molecule has 0 unspecified atom stereocenters. The number of benzene rings is 2.